The molecule has 1 aliphatic carbocycles. The second kappa shape index (κ2) is 5.26. The van der Waals surface area contributed by atoms with E-state index in [0.29, 0.717) is 12.5 Å². The molecule has 2 amide bonds. The van der Waals surface area contributed by atoms with Gasteiger partial charge in [0.15, 0.2) is 0 Å². The Labute approximate surface area is 108 Å². The smallest absolute Gasteiger partial charge is 0.225 e. The summed E-state index contributed by atoms with van der Waals surface area (Å²) in [5.41, 5.74) is 5.00. The molecule has 2 rings (SSSR count). The SMILES string of the molecule is CC(C(=O)NCC1(C(N)=O)CCCC1)C1CNC1. The van der Waals surface area contributed by atoms with Crippen LogP contribution in [0.3, 0.4) is 0 Å². The number of nitrogens with two attached hydrogens (primary N) is 1. The van der Waals surface area contributed by atoms with Gasteiger partial charge in [0.25, 0.3) is 0 Å². The number of amides is 2. The Morgan fingerprint density at radius 1 is 1.39 bits per heavy atom. The average molecular weight is 253 g/mol. The van der Waals surface area contributed by atoms with Crippen LogP contribution in [0.4, 0.5) is 0 Å². The highest BCUT2D eigenvalue weighted by molar-refractivity contribution is 5.83. The molecule has 0 aromatic heterocycles. The van der Waals surface area contributed by atoms with E-state index in [0.717, 1.165) is 38.8 Å². The molecule has 1 saturated carbocycles. The molecule has 1 unspecified atom stereocenters. The summed E-state index contributed by atoms with van der Waals surface area (Å²) in [6, 6.07) is 0. The molecule has 102 valence electrons. The topological polar surface area (TPSA) is 84.2 Å². The third-order valence-electron chi connectivity index (χ3n) is 4.62. The maximum atomic E-state index is 12.0. The molecule has 18 heavy (non-hydrogen) atoms. The lowest BCUT2D eigenvalue weighted by atomic mass is 9.84. The minimum absolute atomic E-state index is 0.0116. The van der Waals surface area contributed by atoms with Gasteiger partial charge in [-0.05, 0) is 31.8 Å². The molecule has 2 aliphatic rings. The first-order valence-corrected chi connectivity index (χ1v) is 6.83. The fourth-order valence-corrected chi connectivity index (χ4v) is 2.86. The number of hydrogen-bond acceptors (Lipinski definition) is 3. The zero-order valence-corrected chi connectivity index (χ0v) is 11.0. The Hall–Kier alpha value is -1.10. The molecular formula is C13H23N3O2. The minimum Gasteiger partial charge on any atom is -0.369 e. The maximum Gasteiger partial charge on any atom is 0.225 e. The number of rotatable bonds is 5. The lowest BCUT2D eigenvalue weighted by Gasteiger charge is -2.33. The Morgan fingerprint density at radius 2 is 2.00 bits per heavy atom. The summed E-state index contributed by atoms with van der Waals surface area (Å²) in [5, 5.41) is 6.09. The molecule has 0 bridgehead atoms. The van der Waals surface area contributed by atoms with E-state index in [-0.39, 0.29) is 17.7 Å². The van der Waals surface area contributed by atoms with E-state index in [1.54, 1.807) is 0 Å². The van der Waals surface area contributed by atoms with Crippen LogP contribution in [-0.2, 0) is 9.59 Å². The molecule has 0 aromatic rings. The summed E-state index contributed by atoms with van der Waals surface area (Å²) in [6.45, 7) is 4.18. The van der Waals surface area contributed by atoms with E-state index in [1.165, 1.54) is 0 Å². The number of carbonyl (C=O) groups excluding carboxylic acids is 2. The first-order chi connectivity index (χ1) is 8.55. The fraction of sp³-hybridized carbons (Fsp3) is 0.846. The van der Waals surface area contributed by atoms with Crippen molar-refractivity contribution in [2.45, 2.75) is 32.6 Å². The Morgan fingerprint density at radius 3 is 2.44 bits per heavy atom. The van der Waals surface area contributed by atoms with Gasteiger partial charge in [-0.2, -0.15) is 0 Å². The average Bonchev–Trinajstić information content (AvgIpc) is 2.73. The van der Waals surface area contributed by atoms with Crippen LogP contribution >= 0.6 is 0 Å². The van der Waals surface area contributed by atoms with Crippen molar-refractivity contribution in [3.05, 3.63) is 0 Å². The zero-order chi connectivity index (χ0) is 13.2. The van der Waals surface area contributed by atoms with Gasteiger partial charge in [0.2, 0.25) is 11.8 Å². The predicted octanol–water partition coefficient (Wildman–Crippen LogP) is 0.00380. The second-order valence-corrected chi connectivity index (χ2v) is 5.78. The highest BCUT2D eigenvalue weighted by Gasteiger charge is 2.40. The largest absolute Gasteiger partial charge is 0.369 e. The first kappa shape index (κ1) is 13.3. The van der Waals surface area contributed by atoms with Crippen LogP contribution in [0.25, 0.3) is 0 Å². The number of carbonyl (C=O) groups is 2. The van der Waals surface area contributed by atoms with Crippen LogP contribution in [0.5, 0.6) is 0 Å². The van der Waals surface area contributed by atoms with Gasteiger partial charge in [0.1, 0.15) is 0 Å². The number of nitrogens with one attached hydrogen (secondary N) is 2. The summed E-state index contributed by atoms with van der Waals surface area (Å²) in [4.78, 5) is 23.6. The van der Waals surface area contributed by atoms with Gasteiger partial charge in [-0.25, -0.2) is 0 Å². The molecule has 1 heterocycles. The second-order valence-electron chi connectivity index (χ2n) is 5.78. The normalized spacial score (nSPS) is 24.3. The molecule has 0 radical (unpaired) electrons. The van der Waals surface area contributed by atoms with Gasteiger partial charge < -0.3 is 16.4 Å². The summed E-state index contributed by atoms with van der Waals surface area (Å²) in [6.07, 6.45) is 3.67. The van der Waals surface area contributed by atoms with Crippen molar-refractivity contribution in [2.24, 2.45) is 23.0 Å². The van der Waals surface area contributed by atoms with Crippen LogP contribution in [-0.4, -0.2) is 31.4 Å². The van der Waals surface area contributed by atoms with E-state index >= 15 is 0 Å². The first-order valence-electron chi connectivity index (χ1n) is 6.83. The van der Waals surface area contributed by atoms with E-state index < -0.39 is 5.41 Å². The minimum atomic E-state index is -0.493. The Bertz CT molecular complexity index is 333. The lowest BCUT2D eigenvalue weighted by molar-refractivity contribution is -0.130. The maximum absolute atomic E-state index is 12.0. The van der Waals surface area contributed by atoms with E-state index in [1.807, 2.05) is 6.92 Å². The summed E-state index contributed by atoms with van der Waals surface area (Å²) in [5.74, 6) is 0.225. The predicted molar refractivity (Wildman–Crippen MR) is 68.6 cm³/mol. The van der Waals surface area contributed by atoms with E-state index in [9.17, 15) is 9.59 Å². The molecule has 0 aromatic carbocycles. The summed E-state index contributed by atoms with van der Waals surface area (Å²) < 4.78 is 0. The highest BCUT2D eigenvalue weighted by Crippen LogP contribution is 2.37. The van der Waals surface area contributed by atoms with Crippen molar-refractivity contribution >= 4 is 11.8 Å². The fourth-order valence-electron chi connectivity index (χ4n) is 2.86. The quantitative estimate of drug-likeness (QED) is 0.645. The van der Waals surface area contributed by atoms with Gasteiger partial charge in [0, 0.05) is 12.5 Å². The van der Waals surface area contributed by atoms with Crippen molar-refractivity contribution in [2.75, 3.05) is 19.6 Å². The molecule has 5 heteroatoms. The Kier molecular flexibility index (Phi) is 3.90. The van der Waals surface area contributed by atoms with Crippen molar-refractivity contribution in [3.63, 3.8) is 0 Å². The van der Waals surface area contributed by atoms with Gasteiger partial charge in [0.05, 0.1) is 5.41 Å². The third-order valence-corrected chi connectivity index (χ3v) is 4.62. The van der Waals surface area contributed by atoms with Crippen LogP contribution in [0.15, 0.2) is 0 Å². The molecule has 0 spiro atoms. The van der Waals surface area contributed by atoms with Crippen LogP contribution < -0.4 is 16.4 Å². The molecule has 2 fully saturated rings. The monoisotopic (exact) mass is 253 g/mol. The van der Waals surface area contributed by atoms with Crippen molar-refractivity contribution in [1.82, 2.24) is 10.6 Å². The zero-order valence-electron chi connectivity index (χ0n) is 11.0. The van der Waals surface area contributed by atoms with Crippen LogP contribution in [0.1, 0.15) is 32.6 Å². The number of hydrogen-bond donors (Lipinski definition) is 3. The Balaban J connectivity index is 1.85. The molecule has 1 atom stereocenters. The standard InChI is InChI=1S/C13H23N3O2/c1-9(10-6-15-7-10)11(17)16-8-13(12(14)18)4-2-3-5-13/h9-10,15H,2-8H2,1H3,(H2,14,18)(H,16,17). The van der Waals surface area contributed by atoms with Crippen molar-refractivity contribution < 1.29 is 9.59 Å². The van der Waals surface area contributed by atoms with Crippen LogP contribution in [0.2, 0.25) is 0 Å². The molecule has 4 N–H and O–H groups in total. The highest BCUT2D eigenvalue weighted by atomic mass is 16.2. The van der Waals surface area contributed by atoms with E-state index in [4.69, 9.17) is 5.73 Å². The van der Waals surface area contributed by atoms with Gasteiger partial charge >= 0.3 is 0 Å². The van der Waals surface area contributed by atoms with Gasteiger partial charge in [-0.1, -0.05) is 19.8 Å². The molecule has 1 aliphatic heterocycles. The van der Waals surface area contributed by atoms with Gasteiger partial charge in [-0.3, -0.25) is 9.59 Å². The molecular weight excluding hydrogens is 230 g/mol. The van der Waals surface area contributed by atoms with Gasteiger partial charge in [-0.15, -0.1) is 0 Å². The number of primary amides is 1. The van der Waals surface area contributed by atoms with Crippen molar-refractivity contribution in [1.29, 1.82) is 0 Å². The van der Waals surface area contributed by atoms with Crippen LogP contribution in [0, 0.1) is 17.3 Å². The lowest BCUT2D eigenvalue weighted by Crippen LogP contribution is -2.51. The third kappa shape index (κ3) is 2.51. The molecule has 5 nitrogen and oxygen atoms in total. The van der Waals surface area contributed by atoms with Crippen molar-refractivity contribution in [3.8, 4) is 0 Å². The van der Waals surface area contributed by atoms with E-state index in [2.05, 4.69) is 10.6 Å². The summed E-state index contributed by atoms with van der Waals surface area (Å²) >= 11 is 0. The molecule has 1 saturated heterocycles. The summed E-state index contributed by atoms with van der Waals surface area (Å²) in [7, 11) is 0.